The van der Waals surface area contributed by atoms with Crippen LogP contribution in [-0.2, 0) is 4.79 Å². The second kappa shape index (κ2) is 6.96. The number of benzene rings is 2. The summed E-state index contributed by atoms with van der Waals surface area (Å²) >= 11 is 0. The standard InChI is InChI=1S/C18H20N2O3/c1-11-4-9-16(10-12(11)2)23-13(3)18(22)20-15-7-5-14(6-8-15)17(19)21/h4-10,13H,1-3H3,(H2,19,21)(H,20,22)/t13-/m1/s1. The van der Waals surface area contributed by atoms with Crippen molar-refractivity contribution in [3.63, 3.8) is 0 Å². The molecule has 0 unspecified atom stereocenters. The van der Waals surface area contributed by atoms with Gasteiger partial charge in [0, 0.05) is 11.3 Å². The first-order valence-electron chi connectivity index (χ1n) is 7.31. The Morgan fingerprint density at radius 3 is 2.26 bits per heavy atom. The minimum atomic E-state index is -0.645. The van der Waals surface area contributed by atoms with Crippen molar-refractivity contribution in [2.75, 3.05) is 5.32 Å². The highest BCUT2D eigenvalue weighted by atomic mass is 16.5. The largest absolute Gasteiger partial charge is 0.481 e. The van der Waals surface area contributed by atoms with Crippen LogP contribution in [0.4, 0.5) is 5.69 Å². The third-order valence-corrected chi connectivity index (χ3v) is 3.60. The number of primary amides is 1. The van der Waals surface area contributed by atoms with Crippen LogP contribution in [0.15, 0.2) is 42.5 Å². The van der Waals surface area contributed by atoms with Crippen molar-refractivity contribution in [3.8, 4) is 5.75 Å². The van der Waals surface area contributed by atoms with Crippen LogP contribution < -0.4 is 15.8 Å². The first-order valence-corrected chi connectivity index (χ1v) is 7.31. The molecule has 0 aliphatic heterocycles. The summed E-state index contributed by atoms with van der Waals surface area (Å²) in [6.07, 6.45) is -0.645. The Kier molecular flexibility index (Phi) is 5.01. The molecule has 0 heterocycles. The zero-order valence-electron chi connectivity index (χ0n) is 13.4. The Morgan fingerprint density at radius 1 is 1.04 bits per heavy atom. The topological polar surface area (TPSA) is 81.4 Å². The van der Waals surface area contributed by atoms with Gasteiger partial charge in [-0.1, -0.05) is 6.07 Å². The van der Waals surface area contributed by atoms with Gasteiger partial charge in [-0.15, -0.1) is 0 Å². The van der Waals surface area contributed by atoms with Crippen molar-refractivity contribution in [1.29, 1.82) is 0 Å². The fourth-order valence-electron chi connectivity index (χ4n) is 2.01. The van der Waals surface area contributed by atoms with Crippen LogP contribution in [0.25, 0.3) is 0 Å². The molecule has 2 rings (SSSR count). The van der Waals surface area contributed by atoms with E-state index in [0.717, 1.165) is 5.56 Å². The Hall–Kier alpha value is -2.82. The number of amides is 2. The molecule has 2 amide bonds. The van der Waals surface area contributed by atoms with Gasteiger partial charge in [0.25, 0.3) is 5.91 Å². The van der Waals surface area contributed by atoms with Gasteiger partial charge in [-0.05, 0) is 68.3 Å². The van der Waals surface area contributed by atoms with Gasteiger partial charge in [-0.25, -0.2) is 0 Å². The highest BCUT2D eigenvalue weighted by Crippen LogP contribution is 2.18. The zero-order valence-corrected chi connectivity index (χ0v) is 13.4. The van der Waals surface area contributed by atoms with Crippen molar-refractivity contribution >= 4 is 17.5 Å². The Labute approximate surface area is 135 Å². The molecule has 5 nitrogen and oxygen atoms in total. The van der Waals surface area contributed by atoms with Gasteiger partial charge in [-0.2, -0.15) is 0 Å². The van der Waals surface area contributed by atoms with E-state index in [0.29, 0.717) is 17.0 Å². The Bertz CT molecular complexity index is 724. The molecule has 0 aromatic heterocycles. The summed E-state index contributed by atoms with van der Waals surface area (Å²) in [4.78, 5) is 23.2. The van der Waals surface area contributed by atoms with Crippen LogP contribution in [0.5, 0.6) is 5.75 Å². The number of hydrogen-bond donors (Lipinski definition) is 2. The first kappa shape index (κ1) is 16.5. The normalized spacial score (nSPS) is 11.6. The maximum absolute atomic E-state index is 12.2. The fourth-order valence-corrected chi connectivity index (χ4v) is 2.01. The predicted molar refractivity (Wildman–Crippen MR) is 89.6 cm³/mol. The molecule has 1 atom stereocenters. The summed E-state index contributed by atoms with van der Waals surface area (Å²) in [5, 5.41) is 2.74. The molecule has 0 aliphatic rings. The molecule has 0 spiro atoms. The molecule has 5 heteroatoms. The van der Waals surface area contributed by atoms with Crippen molar-refractivity contribution in [3.05, 3.63) is 59.2 Å². The molecular formula is C18H20N2O3. The molecule has 3 N–H and O–H groups in total. The smallest absolute Gasteiger partial charge is 0.265 e. The molecule has 23 heavy (non-hydrogen) atoms. The highest BCUT2D eigenvalue weighted by molar-refractivity contribution is 5.96. The summed E-state index contributed by atoms with van der Waals surface area (Å²) < 4.78 is 5.66. The van der Waals surface area contributed by atoms with E-state index in [1.807, 2.05) is 32.0 Å². The van der Waals surface area contributed by atoms with E-state index in [2.05, 4.69) is 5.32 Å². The number of carbonyl (C=O) groups is 2. The molecule has 0 bridgehead atoms. The molecule has 0 aliphatic carbocycles. The van der Waals surface area contributed by atoms with Crippen LogP contribution in [0.2, 0.25) is 0 Å². The maximum Gasteiger partial charge on any atom is 0.265 e. The van der Waals surface area contributed by atoms with E-state index in [1.54, 1.807) is 31.2 Å². The summed E-state index contributed by atoms with van der Waals surface area (Å²) in [5.41, 5.74) is 8.42. The number of ether oxygens (including phenoxy) is 1. The summed E-state index contributed by atoms with van der Waals surface area (Å²) in [6.45, 7) is 5.69. The van der Waals surface area contributed by atoms with Crippen molar-refractivity contribution in [1.82, 2.24) is 0 Å². The average molecular weight is 312 g/mol. The molecule has 0 fully saturated rings. The van der Waals surface area contributed by atoms with Gasteiger partial charge in [0.15, 0.2) is 6.10 Å². The molecular weight excluding hydrogens is 292 g/mol. The third kappa shape index (κ3) is 4.32. The van der Waals surface area contributed by atoms with Gasteiger partial charge >= 0.3 is 0 Å². The molecule has 2 aromatic rings. The SMILES string of the molecule is Cc1ccc(O[C@H](C)C(=O)Nc2ccc(C(N)=O)cc2)cc1C. The van der Waals surface area contributed by atoms with Crippen LogP contribution in [0, 0.1) is 13.8 Å². The van der Waals surface area contributed by atoms with E-state index >= 15 is 0 Å². The van der Waals surface area contributed by atoms with Crippen LogP contribution in [-0.4, -0.2) is 17.9 Å². The summed E-state index contributed by atoms with van der Waals surface area (Å²) in [6, 6.07) is 12.1. The number of rotatable bonds is 5. The molecule has 120 valence electrons. The number of hydrogen-bond acceptors (Lipinski definition) is 3. The van der Waals surface area contributed by atoms with Gasteiger partial charge in [0.05, 0.1) is 0 Å². The second-order valence-electron chi connectivity index (χ2n) is 5.44. The fraction of sp³-hybridized carbons (Fsp3) is 0.222. The minimum absolute atomic E-state index is 0.268. The van der Waals surface area contributed by atoms with Gasteiger partial charge in [0.2, 0.25) is 5.91 Å². The number of carbonyl (C=O) groups excluding carboxylic acids is 2. The Balaban J connectivity index is 1.99. The van der Waals surface area contributed by atoms with Gasteiger partial charge < -0.3 is 15.8 Å². The van der Waals surface area contributed by atoms with E-state index < -0.39 is 12.0 Å². The van der Waals surface area contributed by atoms with E-state index in [-0.39, 0.29) is 5.91 Å². The number of nitrogens with one attached hydrogen (secondary N) is 1. The van der Waals surface area contributed by atoms with Crippen molar-refractivity contribution < 1.29 is 14.3 Å². The van der Waals surface area contributed by atoms with Gasteiger partial charge in [-0.3, -0.25) is 9.59 Å². The number of nitrogens with two attached hydrogens (primary N) is 1. The molecule has 0 saturated carbocycles. The van der Waals surface area contributed by atoms with Crippen LogP contribution in [0.1, 0.15) is 28.4 Å². The van der Waals surface area contributed by atoms with Crippen LogP contribution in [0.3, 0.4) is 0 Å². The molecule has 0 saturated heterocycles. The van der Waals surface area contributed by atoms with E-state index in [4.69, 9.17) is 10.5 Å². The lowest BCUT2D eigenvalue weighted by atomic mass is 10.1. The van der Waals surface area contributed by atoms with E-state index in [1.165, 1.54) is 5.56 Å². The third-order valence-electron chi connectivity index (χ3n) is 3.60. The van der Waals surface area contributed by atoms with Crippen LogP contribution >= 0.6 is 0 Å². The second-order valence-corrected chi connectivity index (χ2v) is 5.44. The predicted octanol–water partition coefficient (Wildman–Crippen LogP) is 2.81. The van der Waals surface area contributed by atoms with Crippen molar-refractivity contribution in [2.24, 2.45) is 5.73 Å². The maximum atomic E-state index is 12.2. The Morgan fingerprint density at radius 2 is 1.70 bits per heavy atom. The van der Waals surface area contributed by atoms with Crippen molar-refractivity contribution in [2.45, 2.75) is 26.9 Å². The lowest BCUT2D eigenvalue weighted by Gasteiger charge is -2.15. The summed E-state index contributed by atoms with van der Waals surface area (Å²) in [7, 11) is 0. The average Bonchev–Trinajstić information content (AvgIpc) is 2.51. The quantitative estimate of drug-likeness (QED) is 0.890. The number of aryl methyl sites for hydroxylation is 2. The lowest BCUT2D eigenvalue weighted by molar-refractivity contribution is -0.122. The molecule has 2 aromatic carbocycles. The first-order chi connectivity index (χ1) is 10.9. The molecule has 0 radical (unpaired) electrons. The lowest BCUT2D eigenvalue weighted by Crippen LogP contribution is -2.30. The summed E-state index contributed by atoms with van der Waals surface area (Å²) in [5.74, 6) is -0.121. The van der Waals surface area contributed by atoms with Gasteiger partial charge in [0.1, 0.15) is 5.75 Å². The number of anilines is 1. The van der Waals surface area contributed by atoms with E-state index in [9.17, 15) is 9.59 Å². The monoisotopic (exact) mass is 312 g/mol. The zero-order chi connectivity index (χ0) is 17.0. The minimum Gasteiger partial charge on any atom is -0.481 e. The highest BCUT2D eigenvalue weighted by Gasteiger charge is 2.15.